The minimum atomic E-state index is -0.498. The average Bonchev–Trinajstić information content (AvgIpc) is 2.43. The van der Waals surface area contributed by atoms with Gasteiger partial charge in [-0.05, 0) is 33.1 Å². The first kappa shape index (κ1) is 17.8. The van der Waals surface area contributed by atoms with E-state index in [1.165, 1.54) is 12.2 Å². The minimum absolute atomic E-state index is 0.0202. The second kappa shape index (κ2) is 7.11. The van der Waals surface area contributed by atoms with Crippen molar-refractivity contribution in [3.05, 3.63) is 0 Å². The highest BCUT2D eigenvalue weighted by Gasteiger charge is 2.37. The van der Waals surface area contributed by atoms with Crippen LogP contribution >= 0.6 is 0 Å². The van der Waals surface area contributed by atoms with Gasteiger partial charge in [-0.1, -0.05) is 13.3 Å². The Morgan fingerprint density at radius 1 is 1.33 bits per heavy atom. The molecule has 0 aromatic rings. The molecule has 0 N–H and O–H groups in total. The van der Waals surface area contributed by atoms with Gasteiger partial charge in [0.1, 0.15) is 5.60 Å². The van der Waals surface area contributed by atoms with Crippen molar-refractivity contribution in [1.82, 2.24) is 9.96 Å². The number of hydrogen-bond acceptors (Lipinski definition) is 4. The molecule has 2 amide bonds. The Kier molecular flexibility index (Phi) is 6.01. The van der Waals surface area contributed by atoms with Gasteiger partial charge in [0.05, 0.1) is 7.11 Å². The van der Waals surface area contributed by atoms with Gasteiger partial charge in [-0.2, -0.15) is 0 Å². The van der Waals surface area contributed by atoms with E-state index in [0.717, 1.165) is 6.42 Å². The van der Waals surface area contributed by atoms with Gasteiger partial charge in [0.15, 0.2) is 0 Å². The van der Waals surface area contributed by atoms with Crippen molar-refractivity contribution in [1.29, 1.82) is 0 Å². The third-order valence-corrected chi connectivity index (χ3v) is 3.81. The molecule has 21 heavy (non-hydrogen) atoms. The minimum Gasteiger partial charge on any atom is -0.444 e. The number of amides is 2. The van der Waals surface area contributed by atoms with E-state index in [1.807, 2.05) is 27.7 Å². The molecule has 2 unspecified atom stereocenters. The Morgan fingerprint density at radius 3 is 2.43 bits per heavy atom. The average molecular weight is 300 g/mol. The lowest BCUT2D eigenvalue weighted by Crippen LogP contribution is -2.49. The predicted molar refractivity (Wildman–Crippen MR) is 79.5 cm³/mol. The number of carbonyl (C=O) groups is 2. The maximum Gasteiger partial charge on any atom is 0.410 e. The first-order valence-electron chi connectivity index (χ1n) is 7.49. The van der Waals surface area contributed by atoms with Crippen LogP contribution in [0.1, 0.15) is 40.5 Å². The van der Waals surface area contributed by atoms with Crippen molar-refractivity contribution in [2.24, 2.45) is 11.8 Å². The van der Waals surface area contributed by atoms with Crippen molar-refractivity contribution in [3.8, 4) is 0 Å². The monoisotopic (exact) mass is 300 g/mol. The van der Waals surface area contributed by atoms with Crippen molar-refractivity contribution < 1.29 is 19.2 Å². The molecule has 0 aliphatic carbocycles. The number of carbonyl (C=O) groups excluding carboxylic acids is 2. The lowest BCUT2D eigenvalue weighted by Gasteiger charge is -2.38. The fourth-order valence-corrected chi connectivity index (χ4v) is 2.59. The summed E-state index contributed by atoms with van der Waals surface area (Å²) in [6.07, 6.45) is 1.18. The van der Waals surface area contributed by atoms with Crippen molar-refractivity contribution in [2.75, 3.05) is 27.2 Å². The number of nitrogens with zero attached hydrogens (tertiary/aromatic N) is 2. The number of rotatable bonds is 3. The molecule has 0 aromatic heterocycles. The highest BCUT2D eigenvalue weighted by atomic mass is 16.7. The Bertz CT molecular complexity index is 378. The molecule has 0 spiro atoms. The van der Waals surface area contributed by atoms with Crippen LogP contribution in [0.4, 0.5) is 4.79 Å². The summed E-state index contributed by atoms with van der Waals surface area (Å²) in [7, 11) is 3.10. The summed E-state index contributed by atoms with van der Waals surface area (Å²) in [6.45, 7) is 8.69. The summed E-state index contributed by atoms with van der Waals surface area (Å²) in [5.41, 5.74) is -0.498. The smallest absolute Gasteiger partial charge is 0.410 e. The zero-order valence-electron chi connectivity index (χ0n) is 14.0. The summed E-state index contributed by atoms with van der Waals surface area (Å²) in [5, 5.41) is 1.27. The van der Waals surface area contributed by atoms with Crippen LogP contribution < -0.4 is 0 Å². The lowest BCUT2D eigenvalue weighted by atomic mass is 9.83. The standard InChI is InChI=1S/C15H28N2O4/c1-7-11-10-17(14(19)21-15(2,3)4)9-8-12(11)13(18)16(5)20-6/h11-12H,7-10H2,1-6H3. The van der Waals surface area contributed by atoms with Crippen LogP contribution in [0.2, 0.25) is 0 Å². The van der Waals surface area contributed by atoms with Crippen LogP contribution in [0, 0.1) is 11.8 Å². The Labute approximate surface area is 127 Å². The first-order chi connectivity index (χ1) is 9.69. The van der Waals surface area contributed by atoms with Gasteiger partial charge < -0.3 is 9.64 Å². The van der Waals surface area contributed by atoms with Crippen LogP contribution in [0.5, 0.6) is 0 Å². The zero-order chi connectivity index (χ0) is 16.2. The van der Waals surface area contributed by atoms with Crippen LogP contribution in [0.3, 0.4) is 0 Å². The topological polar surface area (TPSA) is 59.1 Å². The molecule has 1 rings (SSSR count). The molecule has 1 saturated heterocycles. The Balaban J connectivity index is 2.69. The highest BCUT2D eigenvalue weighted by molar-refractivity contribution is 5.78. The Hall–Kier alpha value is -1.30. The van der Waals surface area contributed by atoms with E-state index in [-0.39, 0.29) is 23.8 Å². The quantitative estimate of drug-likeness (QED) is 0.750. The van der Waals surface area contributed by atoms with E-state index in [9.17, 15) is 9.59 Å². The molecule has 1 aliphatic rings. The van der Waals surface area contributed by atoms with Crippen LogP contribution in [0.15, 0.2) is 0 Å². The fraction of sp³-hybridized carbons (Fsp3) is 0.867. The van der Waals surface area contributed by atoms with E-state index >= 15 is 0 Å². The second-order valence-electron chi connectivity index (χ2n) is 6.51. The number of likely N-dealkylation sites (tertiary alicyclic amines) is 1. The van der Waals surface area contributed by atoms with Gasteiger partial charge in [0, 0.05) is 26.1 Å². The van der Waals surface area contributed by atoms with Crippen molar-refractivity contribution in [3.63, 3.8) is 0 Å². The molecule has 122 valence electrons. The molecule has 1 heterocycles. The van der Waals surface area contributed by atoms with Gasteiger partial charge in [-0.25, -0.2) is 9.86 Å². The molecule has 0 radical (unpaired) electrons. The first-order valence-corrected chi connectivity index (χ1v) is 7.49. The van der Waals surface area contributed by atoms with E-state index < -0.39 is 5.60 Å². The molecule has 1 aliphatic heterocycles. The molecule has 0 saturated carbocycles. The molecule has 0 aromatic carbocycles. The van der Waals surface area contributed by atoms with Gasteiger partial charge in [0.25, 0.3) is 0 Å². The third kappa shape index (κ3) is 4.88. The molecule has 0 bridgehead atoms. The molecule has 2 atom stereocenters. The zero-order valence-corrected chi connectivity index (χ0v) is 14.0. The largest absolute Gasteiger partial charge is 0.444 e. The van der Waals surface area contributed by atoms with Crippen molar-refractivity contribution >= 4 is 12.0 Å². The highest BCUT2D eigenvalue weighted by Crippen LogP contribution is 2.28. The Morgan fingerprint density at radius 2 is 1.95 bits per heavy atom. The number of ether oxygens (including phenoxy) is 1. The molecular weight excluding hydrogens is 272 g/mol. The molecular formula is C15H28N2O4. The van der Waals surface area contributed by atoms with Gasteiger partial charge in [-0.15, -0.1) is 0 Å². The van der Waals surface area contributed by atoms with Crippen LogP contribution in [-0.4, -0.2) is 54.8 Å². The maximum absolute atomic E-state index is 12.3. The molecule has 6 nitrogen and oxygen atoms in total. The fourth-order valence-electron chi connectivity index (χ4n) is 2.59. The second-order valence-corrected chi connectivity index (χ2v) is 6.51. The van der Waals surface area contributed by atoms with E-state index in [4.69, 9.17) is 9.57 Å². The lowest BCUT2D eigenvalue weighted by molar-refractivity contribution is -0.177. The number of hydroxylamine groups is 2. The van der Waals surface area contributed by atoms with Crippen LogP contribution in [-0.2, 0) is 14.4 Å². The number of hydrogen-bond donors (Lipinski definition) is 0. The van der Waals surface area contributed by atoms with Gasteiger partial charge >= 0.3 is 6.09 Å². The van der Waals surface area contributed by atoms with Gasteiger partial charge in [0.2, 0.25) is 5.91 Å². The predicted octanol–water partition coefficient (Wildman–Crippen LogP) is 2.29. The van der Waals surface area contributed by atoms with Crippen molar-refractivity contribution in [2.45, 2.75) is 46.1 Å². The summed E-state index contributed by atoms with van der Waals surface area (Å²) in [6, 6.07) is 0. The van der Waals surface area contributed by atoms with E-state index in [1.54, 1.807) is 11.9 Å². The summed E-state index contributed by atoms with van der Waals surface area (Å²) in [5.74, 6) is 0.0168. The normalized spacial score (nSPS) is 22.9. The third-order valence-electron chi connectivity index (χ3n) is 3.81. The van der Waals surface area contributed by atoms with E-state index in [0.29, 0.717) is 19.5 Å². The summed E-state index contributed by atoms with van der Waals surface area (Å²) in [4.78, 5) is 31.1. The molecule has 6 heteroatoms. The van der Waals surface area contributed by atoms with E-state index in [2.05, 4.69) is 0 Å². The number of piperidine rings is 1. The maximum atomic E-state index is 12.3. The molecule has 1 fully saturated rings. The van der Waals surface area contributed by atoms with Gasteiger partial charge in [-0.3, -0.25) is 9.63 Å². The summed E-state index contributed by atoms with van der Waals surface area (Å²) >= 11 is 0. The van der Waals surface area contributed by atoms with Crippen LogP contribution in [0.25, 0.3) is 0 Å². The summed E-state index contributed by atoms with van der Waals surface area (Å²) < 4.78 is 5.40. The SMILES string of the molecule is CCC1CN(C(=O)OC(C)(C)C)CCC1C(=O)N(C)OC.